The van der Waals surface area contributed by atoms with E-state index in [4.69, 9.17) is 0 Å². The highest BCUT2D eigenvalue weighted by Crippen LogP contribution is 2.34. The van der Waals surface area contributed by atoms with Crippen LogP contribution in [-0.2, 0) is 17.5 Å². The molecule has 3 aromatic rings. The van der Waals surface area contributed by atoms with Gasteiger partial charge in [0.1, 0.15) is 11.4 Å². The van der Waals surface area contributed by atoms with Gasteiger partial charge in [-0.1, -0.05) is 12.1 Å². The van der Waals surface area contributed by atoms with Crippen molar-refractivity contribution in [3.63, 3.8) is 0 Å². The number of nitrogens with zero attached hydrogens (tertiary/aromatic N) is 4. The molecule has 1 fully saturated rings. The maximum atomic E-state index is 13.9. The van der Waals surface area contributed by atoms with Crippen LogP contribution in [0.5, 0.6) is 0 Å². The first-order chi connectivity index (χ1) is 17.3. The van der Waals surface area contributed by atoms with Crippen molar-refractivity contribution in [1.29, 1.82) is 0 Å². The number of amides is 2. The van der Waals surface area contributed by atoms with E-state index in [0.717, 1.165) is 47.3 Å². The predicted molar refractivity (Wildman–Crippen MR) is 134 cm³/mol. The fourth-order valence-corrected chi connectivity index (χ4v) is 6.02. The van der Waals surface area contributed by atoms with Gasteiger partial charge >= 0.3 is 11.9 Å². The third kappa shape index (κ3) is 4.70. The second-order valence-electron chi connectivity index (χ2n) is 9.39. The molecular weight excluding hydrogens is 509 g/mol. The van der Waals surface area contributed by atoms with Crippen molar-refractivity contribution in [3.05, 3.63) is 61.1 Å². The molecule has 1 atom stereocenters. The van der Waals surface area contributed by atoms with Crippen LogP contribution in [0.1, 0.15) is 47.0 Å². The fraction of sp³-hybridized carbons (Fsp3) is 0.440. The first-order valence-corrected chi connectivity index (χ1v) is 12.6. The Hall–Kier alpha value is -3.41. The smallest absolute Gasteiger partial charge is 0.344 e. The molecule has 0 spiro atoms. The molecule has 4 rings (SSSR count). The number of aromatic nitrogens is 2. The standard InChI is InChI=1S/C25H27F3N4O4S/c1-14-9-7-8-12-30(14)18(33)13-31-23-19(15(2)20(37-23)22(35)29(3)4)21(34)32(24(31)36)17-11-6-5-10-16(17)25(26,27)28/h5-6,10-11,14H,7-9,12-13H2,1-4H3/t14-/m0/s1. The van der Waals surface area contributed by atoms with Crippen LogP contribution in [0, 0.1) is 6.92 Å². The minimum atomic E-state index is -4.84. The first-order valence-electron chi connectivity index (χ1n) is 11.8. The number of halogens is 3. The number of alkyl halides is 3. The van der Waals surface area contributed by atoms with E-state index in [1.165, 1.54) is 38.1 Å². The van der Waals surface area contributed by atoms with Crippen molar-refractivity contribution in [3.8, 4) is 5.69 Å². The molecule has 2 aromatic heterocycles. The molecule has 37 heavy (non-hydrogen) atoms. The van der Waals surface area contributed by atoms with E-state index in [1.807, 2.05) is 6.92 Å². The number of benzene rings is 1. The summed E-state index contributed by atoms with van der Waals surface area (Å²) >= 11 is 0.884. The minimum Gasteiger partial charge on any atom is -0.344 e. The van der Waals surface area contributed by atoms with Crippen LogP contribution in [-0.4, -0.2) is 57.4 Å². The predicted octanol–water partition coefficient (Wildman–Crippen LogP) is 3.64. The number of thiophene rings is 1. The van der Waals surface area contributed by atoms with E-state index in [0.29, 0.717) is 11.1 Å². The monoisotopic (exact) mass is 536 g/mol. The van der Waals surface area contributed by atoms with Gasteiger partial charge in [-0.25, -0.2) is 9.36 Å². The highest BCUT2D eigenvalue weighted by atomic mass is 32.1. The molecule has 198 valence electrons. The summed E-state index contributed by atoms with van der Waals surface area (Å²) in [5.74, 6) is -0.799. The number of hydrogen-bond donors (Lipinski definition) is 0. The van der Waals surface area contributed by atoms with Gasteiger partial charge in [0.05, 0.1) is 21.5 Å². The van der Waals surface area contributed by atoms with Gasteiger partial charge in [0, 0.05) is 26.7 Å². The largest absolute Gasteiger partial charge is 0.418 e. The number of piperidine rings is 1. The third-order valence-electron chi connectivity index (χ3n) is 6.68. The average molecular weight is 537 g/mol. The van der Waals surface area contributed by atoms with Crippen LogP contribution < -0.4 is 11.2 Å². The van der Waals surface area contributed by atoms with Crippen molar-refractivity contribution < 1.29 is 22.8 Å². The molecule has 0 saturated carbocycles. The topological polar surface area (TPSA) is 84.6 Å². The normalized spacial score (nSPS) is 16.3. The number of aryl methyl sites for hydroxylation is 1. The molecule has 0 N–H and O–H groups in total. The number of carbonyl (C=O) groups excluding carboxylic acids is 2. The van der Waals surface area contributed by atoms with E-state index in [1.54, 1.807) is 4.90 Å². The van der Waals surface area contributed by atoms with Gasteiger partial charge in [-0.15, -0.1) is 11.3 Å². The average Bonchev–Trinajstić information content (AvgIpc) is 3.18. The Labute approximate surface area is 214 Å². The van der Waals surface area contributed by atoms with Crippen LogP contribution in [0.25, 0.3) is 15.9 Å². The Morgan fingerprint density at radius 2 is 1.81 bits per heavy atom. The van der Waals surface area contributed by atoms with Crippen molar-refractivity contribution in [1.82, 2.24) is 18.9 Å². The third-order valence-corrected chi connectivity index (χ3v) is 7.98. The summed E-state index contributed by atoms with van der Waals surface area (Å²) in [7, 11) is 3.05. The van der Waals surface area contributed by atoms with Gasteiger partial charge in [0.2, 0.25) is 5.91 Å². The molecule has 1 aromatic carbocycles. The Kier molecular flexibility index (Phi) is 7.06. The lowest BCUT2D eigenvalue weighted by molar-refractivity contribution is -0.137. The van der Waals surface area contributed by atoms with Crippen LogP contribution >= 0.6 is 11.3 Å². The Morgan fingerprint density at radius 1 is 1.14 bits per heavy atom. The Morgan fingerprint density at radius 3 is 2.43 bits per heavy atom. The van der Waals surface area contributed by atoms with Gasteiger partial charge in [-0.05, 0) is 50.8 Å². The van der Waals surface area contributed by atoms with Gasteiger partial charge in [0.25, 0.3) is 11.5 Å². The molecule has 0 bridgehead atoms. The van der Waals surface area contributed by atoms with Crippen LogP contribution in [0.3, 0.4) is 0 Å². The van der Waals surface area contributed by atoms with Crippen molar-refractivity contribution in [2.75, 3.05) is 20.6 Å². The van der Waals surface area contributed by atoms with E-state index in [-0.39, 0.29) is 32.6 Å². The van der Waals surface area contributed by atoms with Crippen molar-refractivity contribution >= 4 is 33.4 Å². The number of rotatable bonds is 4. The number of hydrogen-bond acceptors (Lipinski definition) is 5. The quantitative estimate of drug-likeness (QED) is 0.510. The zero-order valence-corrected chi connectivity index (χ0v) is 21.7. The molecule has 8 nitrogen and oxygen atoms in total. The summed E-state index contributed by atoms with van der Waals surface area (Å²) in [6, 6.07) is 4.24. The van der Waals surface area contributed by atoms with E-state index in [9.17, 15) is 32.3 Å². The molecule has 0 unspecified atom stereocenters. The minimum absolute atomic E-state index is 0.0553. The molecule has 0 radical (unpaired) electrons. The van der Waals surface area contributed by atoms with E-state index >= 15 is 0 Å². The van der Waals surface area contributed by atoms with Gasteiger partial charge in [-0.3, -0.25) is 19.0 Å². The van der Waals surface area contributed by atoms with Crippen LogP contribution in [0.4, 0.5) is 13.2 Å². The molecule has 3 heterocycles. The van der Waals surface area contributed by atoms with Crippen LogP contribution in [0.2, 0.25) is 0 Å². The fourth-order valence-electron chi connectivity index (χ4n) is 4.71. The highest BCUT2D eigenvalue weighted by Gasteiger charge is 2.35. The number of para-hydroxylation sites is 1. The van der Waals surface area contributed by atoms with Crippen molar-refractivity contribution in [2.24, 2.45) is 0 Å². The Bertz CT molecular complexity index is 1500. The van der Waals surface area contributed by atoms with E-state index < -0.39 is 41.1 Å². The molecule has 0 aliphatic carbocycles. The number of likely N-dealkylation sites (tertiary alicyclic amines) is 1. The highest BCUT2D eigenvalue weighted by molar-refractivity contribution is 7.20. The molecule has 2 amide bonds. The molecule has 12 heteroatoms. The second-order valence-corrected chi connectivity index (χ2v) is 10.4. The lowest BCUT2D eigenvalue weighted by Gasteiger charge is -2.33. The van der Waals surface area contributed by atoms with Crippen molar-refractivity contribution in [2.45, 2.75) is 51.9 Å². The summed E-state index contributed by atoms with van der Waals surface area (Å²) in [4.78, 5) is 56.6. The Balaban J connectivity index is 2.04. The zero-order chi connectivity index (χ0) is 27.2. The molecule has 1 aliphatic rings. The molecule has 1 aliphatic heterocycles. The summed E-state index contributed by atoms with van der Waals surface area (Å²) < 4.78 is 43.0. The van der Waals surface area contributed by atoms with Gasteiger partial charge in [0.15, 0.2) is 0 Å². The first kappa shape index (κ1) is 26.6. The zero-order valence-electron chi connectivity index (χ0n) is 20.9. The maximum absolute atomic E-state index is 13.9. The maximum Gasteiger partial charge on any atom is 0.418 e. The number of fused-ring (bicyclic) bond motifs is 1. The van der Waals surface area contributed by atoms with E-state index in [2.05, 4.69) is 0 Å². The second kappa shape index (κ2) is 9.81. The summed E-state index contributed by atoms with van der Waals surface area (Å²) in [6.07, 6.45) is -2.27. The number of carbonyl (C=O) groups is 2. The van der Waals surface area contributed by atoms with Gasteiger partial charge < -0.3 is 9.80 Å². The summed E-state index contributed by atoms with van der Waals surface area (Å²) in [6.45, 7) is 3.45. The van der Waals surface area contributed by atoms with Crippen LogP contribution in [0.15, 0.2) is 33.9 Å². The summed E-state index contributed by atoms with van der Waals surface area (Å²) in [5.41, 5.74) is -3.59. The summed E-state index contributed by atoms with van der Waals surface area (Å²) in [5, 5.41) is -0.0636. The lowest BCUT2D eigenvalue weighted by Crippen LogP contribution is -2.46. The molecular formula is C25H27F3N4O4S. The molecule has 1 saturated heterocycles. The van der Waals surface area contributed by atoms with Gasteiger partial charge in [-0.2, -0.15) is 13.2 Å². The SMILES string of the molecule is Cc1c(C(=O)N(C)C)sc2c1c(=O)n(-c1ccccc1C(F)(F)F)c(=O)n2CC(=O)N1CCCC[C@@H]1C. The lowest BCUT2D eigenvalue weighted by atomic mass is 10.0.